The van der Waals surface area contributed by atoms with Crippen molar-refractivity contribution in [3.63, 3.8) is 0 Å². The van der Waals surface area contributed by atoms with Crippen LogP contribution < -0.4 is 10.6 Å². The molecule has 1 aromatic heterocycles. The SMILES string of the molecule is Cc1nc(Nc2ccc(I)cc2)c([N+](=O)[O-])c(Nc2ccc(I)cc2)n1. The summed E-state index contributed by atoms with van der Waals surface area (Å²) in [6.07, 6.45) is 0. The maximum Gasteiger partial charge on any atom is 0.353 e. The molecule has 0 saturated carbocycles. The molecule has 0 fully saturated rings. The summed E-state index contributed by atoms with van der Waals surface area (Å²) < 4.78 is 2.14. The van der Waals surface area contributed by atoms with Crippen LogP contribution in [0, 0.1) is 24.2 Å². The van der Waals surface area contributed by atoms with Gasteiger partial charge in [0.1, 0.15) is 5.82 Å². The average molecular weight is 573 g/mol. The fourth-order valence-corrected chi connectivity index (χ4v) is 2.97. The lowest BCUT2D eigenvalue weighted by atomic mass is 10.3. The standard InChI is InChI=1S/C17H13I2N5O2/c1-10-20-16(22-13-6-2-11(18)3-7-13)15(24(25)26)17(21-10)23-14-8-4-12(19)5-9-14/h2-9H,1H3,(H2,20,21,22,23). The largest absolute Gasteiger partial charge is 0.353 e. The van der Waals surface area contributed by atoms with Gasteiger partial charge in [-0.1, -0.05) is 0 Å². The minimum Gasteiger partial charge on any atom is -0.334 e. The highest BCUT2D eigenvalue weighted by molar-refractivity contribution is 14.1. The molecule has 0 bridgehead atoms. The zero-order valence-corrected chi connectivity index (χ0v) is 17.8. The van der Waals surface area contributed by atoms with Crippen LogP contribution in [-0.2, 0) is 0 Å². The van der Waals surface area contributed by atoms with E-state index in [0.717, 1.165) is 7.14 Å². The molecule has 7 nitrogen and oxygen atoms in total. The average Bonchev–Trinajstić information content (AvgIpc) is 2.58. The first-order chi connectivity index (χ1) is 12.4. The Balaban J connectivity index is 2.01. The third kappa shape index (κ3) is 4.58. The van der Waals surface area contributed by atoms with Gasteiger partial charge in [-0.3, -0.25) is 10.1 Å². The van der Waals surface area contributed by atoms with Gasteiger partial charge in [0, 0.05) is 18.5 Å². The second kappa shape index (κ2) is 8.12. The van der Waals surface area contributed by atoms with E-state index in [2.05, 4.69) is 65.8 Å². The van der Waals surface area contributed by atoms with Gasteiger partial charge >= 0.3 is 5.69 Å². The molecule has 0 atom stereocenters. The summed E-state index contributed by atoms with van der Waals surface area (Å²) in [5.41, 5.74) is 1.23. The van der Waals surface area contributed by atoms with Crippen LogP contribution in [0.5, 0.6) is 0 Å². The number of hydrogen-bond donors (Lipinski definition) is 2. The van der Waals surface area contributed by atoms with Gasteiger partial charge in [0.2, 0.25) is 11.6 Å². The van der Waals surface area contributed by atoms with Crippen molar-refractivity contribution in [1.29, 1.82) is 0 Å². The quantitative estimate of drug-likeness (QED) is 0.242. The molecule has 26 heavy (non-hydrogen) atoms. The Morgan fingerprint density at radius 1 is 0.846 bits per heavy atom. The van der Waals surface area contributed by atoms with Crippen molar-refractivity contribution >= 4 is 73.9 Å². The van der Waals surface area contributed by atoms with Gasteiger partial charge in [-0.15, -0.1) is 0 Å². The highest BCUT2D eigenvalue weighted by Crippen LogP contribution is 2.34. The number of aryl methyl sites for hydroxylation is 1. The summed E-state index contributed by atoms with van der Waals surface area (Å²) in [4.78, 5) is 19.6. The Labute approximate surface area is 177 Å². The molecule has 0 aliphatic rings. The lowest BCUT2D eigenvalue weighted by Crippen LogP contribution is -2.07. The molecular formula is C17H13I2N5O2. The predicted octanol–water partition coefficient (Wildman–Crippen LogP) is 5.39. The Morgan fingerprint density at radius 2 is 1.23 bits per heavy atom. The van der Waals surface area contributed by atoms with Crippen molar-refractivity contribution < 1.29 is 4.92 Å². The van der Waals surface area contributed by atoms with E-state index in [9.17, 15) is 10.1 Å². The zero-order valence-electron chi connectivity index (χ0n) is 13.5. The molecular weight excluding hydrogens is 560 g/mol. The highest BCUT2D eigenvalue weighted by Gasteiger charge is 2.24. The summed E-state index contributed by atoms with van der Waals surface area (Å²) in [6, 6.07) is 15.0. The molecule has 2 N–H and O–H groups in total. The number of aromatic nitrogens is 2. The molecule has 0 aliphatic carbocycles. The van der Waals surface area contributed by atoms with Gasteiger partial charge in [0.05, 0.1) is 4.92 Å². The third-order valence-corrected chi connectivity index (χ3v) is 4.83. The predicted molar refractivity (Wildman–Crippen MR) is 118 cm³/mol. The van der Waals surface area contributed by atoms with Crippen molar-refractivity contribution in [3.05, 3.63) is 71.6 Å². The van der Waals surface area contributed by atoms with Gasteiger partial charge in [0.15, 0.2) is 0 Å². The first-order valence-corrected chi connectivity index (χ1v) is 9.66. The van der Waals surface area contributed by atoms with Crippen LogP contribution in [0.1, 0.15) is 5.82 Å². The number of halogens is 2. The van der Waals surface area contributed by atoms with E-state index in [4.69, 9.17) is 0 Å². The lowest BCUT2D eigenvalue weighted by molar-refractivity contribution is -0.383. The van der Waals surface area contributed by atoms with Crippen LogP contribution in [0.4, 0.5) is 28.7 Å². The fraction of sp³-hybridized carbons (Fsp3) is 0.0588. The zero-order chi connectivity index (χ0) is 18.7. The van der Waals surface area contributed by atoms with Crippen LogP contribution in [0.15, 0.2) is 48.5 Å². The topological polar surface area (TPSA) is 93.0 Å². The van der Waals surface area contributed by atoms with Crippen molar-refractivity contribution in [2.45, 2.75) is 6.92 Å². The van der Waals surface area contributed by atoms with Crippen LogP contribution in [0.25, 0.3) is 0 Å². The summed E-state index contributed by atoms with van der Waals surface area (Å²) in [5, 5.41) is 17.7. The number of benzene rings is 2. The monoisotopic (exact) mass is 573 g/mol. The Kier molecular flexibility index (Phi) is 5.86. The molecule has 3 aromatic rings. The summed E-state index contributed by atoms with van der Waals surface area (Å²) in [7, 11) is 0. The van der Waals surface area contributed by atoms with Crippen molar-refractivity contribution in [2.24, 2.45) is 0 Å². The maximum absolute atomic E-state index is 11.7. The number of nitrogens with zero attached hydrogens (tertiary/aromatic N) is 3. The molecule has 0 aliphatic heterocycles. The van der Waals surface area contributed by atoms with Gasteiger partial charge in [-0.05, 0) is 101 Å². The van der Waals surface area contributed by atoms with Crippen LogP contribution >= 0.6 is 45.2 Å². The van der Waals surface area contributed by atoms with E-state index in [-0.39, 0.29) is 17.3 Å². The van der Waals surface area contributed by atoms with E-state index in [0.29, 0.717) is 17.2 Å². The minimum absolute atomic E-state index is 0.150. The number of hydrogen-bond acceptors (Lipinski definition) is 6. The number of anilines is 4. The Bertz CT molecular complexity index is 878. The summed E-state index contributed by atoms with van der Waals surface area (Å²) in [6.45, 7) is 1.70. The van der Waals surface area contributed by atoms with Crippen molar-refractivity contribution in [1.82, 2.24) is 9.97 Å². The molecule has 0 amide bonds. The molecule has 3 rings (SSSR count). The summed E-state index contributed by atoms with van der Waals surface area (Å²) in [5.74, 6) is 0.727. The number of rotatable bonds is 5. The third-order valence-electron chi connectivity index (χ3n) is 3.39. The van der Waals surface area contributed by atoms with Crippen LogP contribution in [0.3, 0.4) is 0 Å². The van der Waals surface area contributed by atoms with Gasteiger partial charge in [-0.25, -0.2) is 9.97 Å². The molecule has 0 radical (unpaired) electrons. The first kappa shape index (κ1) is 18.8. The fourth-order valence-electron chi connectivity index (χ4n) is 2.25. The normalized spacial score (nSPS) is 10.4. The molecule has 2 aromatic carbocycles. The van der Waals surface area contributed by atoms with Crippen molar-refractivity contribution in [2.75, 3.05) is 10.6 Å². The molecule has 0 saturated heterocycles. The molecule has 9 heteroatoms. The summed E-state index contributed by atoms with van der Waals surface area (Å²) >= 11 is 4.40. The maximum atomic E-state index is 11.7. The van der Waals surface area contributed by atoms with Gasteiger partial charge in [-0.2, -0.15) is 0 Å². The van der Waals surface area contributed by atoms with Crippen LogP contribution in [-0.4, -0.2) is 14.9 Å². The number of nitro groups is 1. The Hall–Kier alpha value is -2.02. The highest BCUT2D eigenvalue weighted by atomic mass is 127. The molecule has 132 valence electrons. The van der Waals surface area contributed by atoms with Crippen LogP contribution in [0.2, 0.25) is 0 Å². The van der Waals surface area contributed by atoms with Gasteiger partial charge in [0.25, 0.3) is 0 Å². The van der Waals surface area contributed by atoms with E-state index >= 15 is 0 Å². The Morgan fingerprint density at radius 3 is 1.58 bits per heavy atom. The molecule has 1 heterocycles. The van der Waals surface area contributed by atoms with E-state index in [1.54, 1.807) is 6.92 Å². The lowest BCUT2D eigenvalue weighted by Gasteiger charge is -2.11. The second-order valence-electron chi connectivity index (χ2n) is 5.34. The molecule has 0 spiro atoms. The smallest absolute Gasteiger partial charge is 0.334 e. The molecule has 0 unspecified atom stereocenters. The van der Waals surface area contributed by atoms with E-state index < -0.39 is 4.92 Å². The minimum atomic E-state index is -0.483. The van der Waals surface area contributed by atoms with Gasteiger partial charge < -0.3 is 10.6 Å². The van der Waals surface area contributed by atoms with E-state index in [1.807, 2.05) is 48.5 Å². The van der Waals surface area contributed by atoms with Crippen molar-refractivity contribution in [3.8, 4) is 0 Å². The first-order valence-electron chi connectivity index (χ1n) is 7.50. The second-order valence-corrected chi connectivity index (χ2v) is 7.83. The number of nitrogens with one attached hydrogen (secondary N) is 2. The van der Waals surface area contributed by atoms with E-state index in [1.165, 1.54) is 0 Å².